The average Bonchev–Trinajstić information content (AvgIpc) is 2.62. The maximum absolute atomic E-state index is 10.1. The molecule has 0 aromatic rings. The minimum absolute atomic E-state index is 0. The van der Waals surface area contributed by atoms with Gasteiger partial charge in [0.25, 0.3) is 0 Å². The SMILES string of the molecule is O=C(O)[C@H](O)[C@@H](O)[C@H](O)[C@H](O)CO.O=C(O)[C@H](O)[C@@H](O)[C@H](O)[C@H](O)CO.[Zn]. The van der Waals surface area contributed by atoms with E-state index in [9.17, 15) is 9.59 Å². The summed E-state index contributed by atoms with van der Waals surface area (Å²) in [6, 6.07) is 0. The topological polar surface area (TPSA) is 277 Å². The van der Waals surface area contributed by atoms with E-state index in [2.05, 4.69) is 0 Å². The third kappa shape index (κ3) is 10.9. The molecule has 0 aliphatic heterocycles. The van der Waals surface area contributed by atoms with E-state index >= 15 is 0 Å². The van der Waals surface area contributed by atoms with Gasteiger partial charge in [0.2, 0.25) is 0 Å². The summed E-state index contributed by atoms with van der Waals surface area (Å²) in [5.41, 5.74) is 0. The Morgan fingerprint density at radius 2 is 0.778 bits per heavy atom. The molecule has 8 atom stereocenters. The van der Waals surface area contributed by atoms with Crippen LogP contribution in [0.4, 0.5) is 0 Å². The molecule has 0 aromatic heterocycles. The van der Waals surface area contributed by atoms with Gasteiger partial charge in [0.1, 0.15) is 36.6 Å². The average molecular weight is 458 g/mol. The molecule has 0 aliphatic carbocycles. The van der Waals surface area contributed by atoms with E-state index in [0.29, 0.717) is 0 Å². The molecule has 0 heterocycles. The van der Waals surface area contributed by atoms with Crippen molar-refractivity contribution in [3.8, 4) is 0 Å². The minimum Gasteiger partial charge on any atom is -0.479 e. The second-order valence-corrected chi connectivity index (χ2v) is 5.03. The second-order valence-electron chi connectivity index (χ2n) is 5.03. The van der Waals surface area contributed by atoms with Crippen LogP contribution >= 0.6 is 0 Å². The number of carbonyl (C=O) groups is 2. The van der Waals surface area contributed by atoms with E-state index in [-0.39, 0.29) is 19.5 Å². The van der Waals surface area contributed by atoms with Crippen molar-refractivity contribution in [2.24, 2.45) is 0 Å². The first-order chi connectivity index (χ1) is 11.8. The van der Waals surface area contributed by atoms with Crippen LogP contribution in [0.5, 0.6) is 0 Å². The van der Waals surface area contributed by atoms with E-state index in [1.807, 2.05) is 0 Å². The van der Waals surface area contributed by atoms with Crippen LogP contribution in [0.25, 0.3) is 0 Å². The van der Waals surface area contributed by atoms with Crippen molar-refractivity contribution in [1.82, 2.24) is 0 Å². The van der Waals surface area contributed by atoms with Gasteiger partial charge in [0.05, 0.1) is 13.2 Å². The van der Waals surface area contributed by atoms with Crippen molar-refractivity contribution >= 4 is 11.9 Å². The fourth-order valence-corrected chi connectivity index (χ4v) is 1.34. The molecule has 0 aromatic carbocycles. The van der Waals surface area contributed by atoms with Gasteiger partial charge in [-0.05, 0) is 0 Å². The van der Waals surface area contributed by atoms with Crippen LogP contribution in [0.3, 0.4) is 0 Å². The zero-order valence-corrected chi connectivity index (χ0v) is 16.9. The monoisotopic (exact) mass is 456 g/mol. The third-order valence-electron chi connectivity index (χ3n) is 3.02. The number of hydrogen-bond acceptors (Lipinski definition) is 12. The molecular weight excluding hydrogens is 434 g/mol. The van der Waals surface area contributed by atoms with Crippen LogP contribution in [0, 0.1) is 0 Å². The summed E-state index contributed by atoms with van der Waals surface area (Å²) in [6.07, 6.45) is -15.7. The van der Waals surface area contributed by atoms with Crippen LogP contribution in [0.1, 0.15) is 0 Å². The first kappa shape index (κ1) is 30.9. The van der Waals surface area contributed by atoms with Gasteiger partial charge in [-0.3, -0.25) is 0 Å². The Balaban J connectivity index is -0.000000411. The molecule has 0 spiro atoms. The van der Waals surface area contributed by atoms with Gasteiger partial charge >= 0.3 is 11.9 Å². The molecule has 0 amide bonds. The quantitative estimate of drug-likeness (QED) is 0.136. The standard InChI is InChI=1S/2C6H12O7.Zn/c2*7-1-2(8)3(9)4(10)5(11)6(12)13;/h2*2-5,7-11H,1H2,(H,12,13);/t2*2-,3-,4+,5-;/m11./s1. The second kappa shape index (κ2) is 15.1. The Kier molecular flexibility index (Phi) is 17.3. The summed E-state index contributed by atoms with van der Waals surface area (Å²) in [6.45, 7) is -1.69. The largest absolute Gasteiger partial charge is 0.479 e. The number of rotatable bonds is 10. The number of hydrogen-bond donors (Lipinski definition) is 12. The van der Waals surface area contributed by atoms with Crippen molar-refractivity contribution in [3.05, 3.63) is 0 Å². The molecule has 0 unspecified atom stereocenters. The Morgan fingerprint density at radius 3 is 0.926 bits per heavy atom. The molecule has 15 heteroatoms. The fourth-order valence-electron chi connectivity index (χ4n) is 1.34. The van der Waals surface area contributed by atoms with E-state index in [0.717, 1.165) is 0 Å². The summed E-state index contributed by atoms with van der Waals surface area (Å²) in [5.74, 6) is -3.45. The van der Waals surface area contributed by atoms with Gasteiger partial charge in [0.15, 0.2) is 12.2 Å². The van der Waals surface area contributed by atoms with E-state index in [4.69, 9.17) is 61.3 Å². The first-order valence-corrected chi connectivity index (χ1v) is 6.95. The van der Waals surface area contributed by atoms with Gasteiger partial charge in [-0.2, -0.15) is 0 Å². The van der Waals surface area contributed by atoms with E-state index < -0.39 is 74.0 Å². The predicted molar refractivity (Wildman–Crippen MR) is 77.5 cm³/mol. The Labute approximate surface area is 164 Å². The van der Waals surface area contributed by atoms with Crippen molar-refractivity contribution in [3.63, 3.8) is 0 Å². The van der Waals surface area contributed by atoms with E-state index in [1.165, 1.54) is 0 Å². The molecule has 0 radical (unpaired) electrons. The number of carboxylic acids is 2. The van der Waals surface area contributed by atoms with Crippen LogP contribution in [-0.4, -0.2) is 135 Å². The number of aliphatic carboxylic acids is 2. The van der Waals surface area contributed by atoms with Crippen molar-refractivity contribution in [2.75, 3.05) is 13.2 Å². The summed E-state index contributed by atoms with van der Waals surface area (Å²) in [5, 5.41) is 104. The summed E-state index contributed by atoms with van der Waals surface area (Å²) < 4.78 is 0. The van der Waals surface area contributed by atoms with Crippen molar-refractivity contribution < 1.29 is 90.3 Å². The molecule has 0 bridgehead atoms. The van der Waals surface area contributed by atoms with Crippen LogP contribution in [0.15, 0.2) is 0 Å². The Bertz CT molecular complexity index is 385. The van der Waals surface area contributed by atoms with Gasteiger partial charge in [0, 0.05) is 19.5 Å². The van der Waals surface area contributed by atoms with Crippen molar-refractivity contribution in [1.29, 1.82) is 0 Å². The molecule has 14 nitrogen and oxygen atoms in total. The molecule has 12 N–H and O–H groups in total. The minimum atomic E-state index is -2.20. The van der Waals surface area contributed by atoms with Crippen LogP contribution in [-0.2, 0) is 29.1 Å². The zero-order chi connectivity index (χ0) is 21.2. The normalized spacial score (nSPS) is 19.6. The predicted octanol–water partition coefficient (Wildman–Crippen LogP) is -6.99. The molecule has 0 rings (SSSR count). The fraction of sp³-hybridized carbons (Fsp3) is 0.833. The van der Waals surface area contributed by atoms with Gasteiger partial charge in [-0.1, -0.05) is 0 Å². The summed E-state index contributed by atoms with van der Waals surface area (Å²) in [7, 11) is 0. The van der Waals surface area contributed by atoms with Gasteiger partial charge < -0.3 is 61.3 Å². The van der Waals surface area contributed by atoms with Gasteiger partial charge in [-0.25, -0.2) is 9.59 Å². The third-order valence-corrected chi connectivity index (χ3v) is 3.02. The zero-order valence-electron chi connectivity index (χ0n) is 13.9. The maximum Gasteiger partial charge on any atom is 0.335 e. The number of carboxylic acid groups (broad SMARTS) is 2. The number of aliphatic hydroxyl groups excluding tert-OH is 10. The summed E-state index contributed by atoms with van der Waals surface area (Å²) in [4.78, 5) is 20.2. The molecule has 0 fully saturated rings. The summed E-state index contributed by atoms with van der Waals surface area (Å²) >= 11 is 0. The molecule has 158 valence electrons. The number of aliphatic hydroxyl groups is 10. The molecule has 0 saturated heterocycles. The molecule has 27 heavy (non-hydrogen) atoms. The van der Waals surface area contributed by atoms with Crippen molar-refractivity contribution in [2.45, 2.75) is 48.8 Å². The smallest absolute Gasteiger partial charge is 0.335 e. The molecular formula is C12H24O14Zn. The molecule has 0 aliphatic rings. The van der Waals surface area contributed by atoms with Crippen LogP contribution in [0.2, 0.25) is 0 Å². The van der Waals surface area contributed by atoms with Gasteiger partial charge in [-0.15, -0.1) is 0 Å². The van der Waals surface area contributed by atoms with E-state index in [1.54, 1.807) is 0 Å². The Morgan fingerprint density at radius 1 is 0.556 bits per heavy atom. The maximum atomic E-state index is 10.1. The van der Waals surface area contributed by atoms with Crippen LogP contribution < -0.4 is 0 Å². The Hall–Kier alpha value is -0.837. The first-order valence-electron chi connectivity index (χ1n) is 6.95. The molecule has 0 saturated carbocycles.